The summed E-state index contributed by atoms with van der Waals surface area (Å²) in [4.78, 5) is 22.1. The Morgan fingerprint density at radius 1 is 1.21 bits per heavy atom. The zero-order valence-corrected chi connectivity index (χ0v) is 9.28. The fourth-order valence-corrected chi connectivity index (χ4v) is 0.921. The summed E-state index contributed by atoms with van der Waals surface area (Å²) in [6.07, 6.45) is 0.746. The molecule has 3 N–H and O–H groups in total. The van der Waals surface area contributed by atoms with Crippen LogP contribution in [0.3, 0.4) is 0 Å². The smallest absolute Gasteiger partial charge is 0.237 e. The minimum Gasteiger partial charge on any atom is -0.345 e. The van der Waals surface area contributed by atoms with Gasteiger partial charge in [0.2, 0.25) is 5.91 Å². The zero-order chi connectivity index (χ0) is 11.3. The maximum Gasteiger partial charge on any atom is 0.237 e. The first kappa shape index (κ1) is 13.1. The Hall–Kier alpha value is -0.900. The van der Waals surface area contributed by atoms with Crippen LogP contribution in [0.2, 0.25) is 0 Å². The third-order valence-electron chi connectivity index (χ3n) is 2.19. The number of aldehydes is 1. The van der Waals surface area contributed by atoms with Gasteiger partial charge >= 0.3 is 0 Å². The van der Waals surface area contributed by atoms with Gasteiger partial charge < -0.3 is 15.8 Å². The second kappa shape index (κ2) is 5.75. The fourth-order valence-electron chi connectivity index (χ4n) is 0.921. The second-order valence-electron chi connectivity index (χ2n) is 4.18. The van der Waals surface area contributed by atoms with Crippen molar-refractivity contribution in [3.63, 3.8) is 0 Å². The molecule has 1 amide bonds. The quantitative estimate of drug-likeness (QED) is 0.627. The predicted molar refractivity (Wildman–Crippen MR) is 55.6 cm³/mol. The fraction of sp³-hybridized carbons (Fsp3) is 0.800. The summed E-state index contributed by atoms with van der Waals surface area (Å²) >= 11 is 0. The number of nitrogens with two attached hydrogens (primary N) is 1. The molecule has 0 aromatic carbocycles. The standard InChI is InChI=1S/C10H20N2O2/c1-6(2)8(5-13)12-10(14)9(11)7(3)4/h5-9H,11H2,1-4H3,(H,12,14)/t8-,9+/m1/s1. The average molecular weight is 200 g/mol. The first-order valence-corrected chi connectivity index (χ1v) is 4.91. The van der Waals surface area contributed by atoms with Crippen molar-refractivity contribution in [3.8, 4) is 0 Å². The second-order valence-corrected chi connectivity index (χ2v) is 4.18. The van der Waals surface area contributed by atoms with Crippen molar-refractivity contribution in [1.29, 1.82) is 0 Å². The molecule has 82 valence electrons. The van der Waals surface area contributed by atoms with Crippen LogP contribution in [0.1, 0.15) is 27.7 Å². The number of rotatable bonds is 5. The lowest BCUT2D eigenvalue weighted by molar-refractivity contribution is -0.126. The van der Waals surface area contributed by atoms with Gasteiger partial charge in [-0.2, -0.15) is 0 Å². The molecule has 0 fully saturated rings. The molecule has 0 aromatic heterocycles. The van der Waals surface area contributed by atoms with E-state index in [0.717, 1.165) is 6.29 Å². The molecule has 0 aliphatic carbocycles. The Morgan fingerprint density at radius 2 is 1.71 bits per heavy atom. The van der Waals surface area contributed by atoms with E-state index in [2.05, 4.69) is 5.32 Å². The van der Waals surface area contributed by atoms with Crippen molar-refractivity contribution in [2.75, 3.05) is 0 Å². The highest BCUT2D eigenvalue weighted by Crippen LogP contribution is 2.02. The summed E-state index contributed by atoms with van der Waals surface area (Å²) in [5.41, 5.74) is 5.64. The Kier molecular flexibility index (Phi) is 5.38. The minimum atomic E-state index is -0.545. The molecule has 0 heterocycles. The SMILES string of the molecule is CC(C)[C@H](N)C(=O)N[C@H](C=O)C(C)C. The molecule has 4 nitrogen and oxygen atoms in total. The van der Waals surface area contributed by atoms with Gasteiger partial charge in [0.1, 0.15) is 6.29 Å². The predicted octanol–water partition coefficient (Wildman–Crippen LogP) is 0.309. The van der Waals surface area contributed by atoms with E-state index in [4.69, 9.17) is 5.73 Å². The largest absolute Gasteiger partial charge is 0.345 e. The molecule has 0 radical (unpaired) electrons. The highest BCUT2D eigenvalue weighted by atomic mass is 16.2. The first-order valence-electron chi connectivity index (χ1n) is 4.91. The summed E-state index contributed by atoms with van der Waals surface area (Å²) in [6.45, 7) is 7.49. The van der Waals surface area contributed by atoms with Crippen molar-refractivity contribution in [1.82, 2.24) is 5.32 Å². The third-order valence-corrected chi connectivity index (χ3v) is 2.19. The van der Waals surface area contributed by atoms with Crippen LogP contribution in [0.15, 0.2) is 0 Å². The van der Waals surface area contributed by atoms with Gasteiger partial charge in [0.15, 0.2) is 0 Å². The van der Waals surface area contributed by atoms with Gasteiger partial charge in [0.25, 0.3) is 0 Å². The van der Waals surface area contributed by atoms with E-state index < -0.39 is 12.1 Å². The number of nitrogens with one attached hydrogen (secondary N) is 1. The zero-order valence-electron chi connectivity index (χ0n) is 9.28. The number of hydrogen-bond acceptors (Lipinski definition) is 3. The van der Waals surface area contributed by atoms with E-state index in [1.165, 1.54) is 0 Å². The molecule has 2 atom stereocenters. The third kappa shape index (κ3) is 3.87. The monoisotopic (exact) mass is 200 g/mol. The van der Waals surface area contributed by atoms with Crippen LogP contribution >= 0.6 is 0 Å². The van der Waals surface area contributed by atoms with Crippen molar-refractivity contribution in [3.05, 3.63) is 0 Å². The van der Waals surface area contributed by atoms with Gasteiger partial charge in [-0.3, -0.25) is 4.79 Å². The molecule has 0 rings (SSSR count). The maximum atomic E-state index is 11.5. The lowest BCUT2D eigenvalue weighted by Crippen LogP contribution is -2.49. The highest BCUT2D eigenvalue weighted by molar-refractivity contribution is 5.84. The summed E-state index contributed by atoms with van der Waals surface area (Å²) < 4.78 is 0. The average Bonchev–Trinajstić information content (AvgIpc) is 2.11. The number of carbonyl (C=O) groups excluding carboxylic acids is 2. The summed E-state index contributed by atoms with van der Waals surface area (Å²) in [6, 6.07) is -0.983. The number of amides is 1. The van der Waals surface area contributed by atoms with Crippen LogP contribution in [0, 0.1) is 11.8 Å². The number of carbonyl (C=O) groups is 2. The van der Waals surface area contributed by atoms with Crippen LogP contribution in [0.5, 0.6) is 0 Å². The van der Waals surface area contributed by atoms with Gasteiger partial charge in [-0.1, -0.05) is 27.7 Å². The van der Waals surface area contributed by atoms with E-state index in [0.29, 0.717) is 0 Å². The lowest BCUT2D eigenvalue weighted by atomic mass is 10.0. The van der Waals surface area contributed by atoms with Gasteiger partial charge in [-0.15, -0.1) is 0 Å². The van der Waals surface area contributed by atoms with Crippen molar-refractivity contribution < 1.29 is 9.59 Å². The molecule has 0 spiro atoms. The molecule has 0 saturated carbocycles. The van der Waals surface area contributed by atoms with Gasteiger partial charge in [-0.05, 0) is 11.8 Å². The molecule has 0 unspecified atom stereocenters. The maximum absolute atomic E-state index is 11.5. The Bertz CT molecular complexity index is 202. The van der Waals surface area contributed by atoms with Crippen LogP contribution in [0.25, 0.3) is 0 Å². The van der Waals surface area contributed by atoms with E-state index in [1.807, 2.05) is 27.7 Å². The molecular weight excluding hydrogens is 180 g/mol. The molecular formula is C10H20N2O2. The minimum absolute atomic E-state index is 0.0782. The molecule has 0 aliphatic heterocycles. The van der Waals surface area contributed by atoms with Gasteiger partial charge in [-0.25, -0.2) is 0 Å². The normalized spacial score (nSPS) is 15.4. The molecule has 0 aliphatic rings. The molecule has 14 heavy (non-hydrogen) atoms. The summed E-state index contributed by atoms with van der Waals surface area (Å²) in [7, 11) is 0. The number of hydrogen-bond donors (Lipinski definition) is 2. The Morgan fingerprint density at radius 3 is 2.00 bits per heavy atom. The van der Waals surface area contributed by atoms with Gasteiger partial charge in [0, 0.05) is 0 Å². The first-order chi connectivity index (χ1) is 6.40. The molecule has 0 bridgehead atoms. The van der Waals surface area contributed by atoms with E-state index >= 15 is 0 Å². The Labute approximate surface area is 85.2 Å². The van der Waals surface area contributed by atoms with E-state index in [9.17, 15) is 9.59 Å². The van der Waals surface area contributed by atoms with Gasteiger partial charge in [0.05, 0.1) is 12.1 Å². The molecule has 4 heteroatoms. The Balaban J connectivity index is 4.22. The summed E-state index contributed by atoms with van der Waals surface area (Å²) in [5.74, 6) is -0.0870. The molecule has 0 saturated heterocycles. The van der Waals surface area contributed by atoms with Crippen molar-refractivity contribution >= 4 is 12.2 Å². The van der Waals surface area contributed by atoms with Crippen molar-refractivity contribution in [2.45, 2.75) is 39.8 Å². The molecule has 0 aromatic rings. The summed E-state index contributed by atoms with van der Waals surface area (Å²) in [5, 5.41) is 2.62. The van der Waals surface area contributed by atoms with Crippen LogP contribution in [-0.4, -0.2) is 24.3 Å². The van der Waals surface area contributed by atoms with Crippen LogP contribution in [0.4, 0.5) is 0 Å². The van der Waals surface area contributed by atoms with E-state index in [1.54, 1.807) is 0 Å². The van der Waals surface area contributed by atoms with Crippen LogP contribution in [-0.2, 0) is 9.59 Å². The topological polar surface area (TPSA) is 72.2 Å². The van der Waals surface area contributed by atoms with E-state index in [-0.39, 0.29) is 17.7 Å². The lowest BCUT2D eigenvalue weighted by Gasteiger charge is -2.20. The van der Waals surface area contributed by atoms with Crippen molar-refractivity contribution in [2.24, 2.45) is 17.6 Å². The van der Waals surface area contributed by atoms with Crippen LogP contribution < -0.4 is 11.1 Å². The highest BCUT2D eigenvalue weighted by Gasteiger charge is 2.21.